The molecular formula is C15H21F2N3O. The molecule has 0 saturated carbocycles. The number of carbonyl (C=O) groups excluding carboxylic acids is 1. The second-order valence-electron chi connectivity index (χ2n) is 5.27. The lowest BCUT2D eigenvalue weighted by Crippen LogP contribution is -2.36. The van der Waals surface area contributed by atoms with Crippen molar-refractivity contribution in [3.8, 4) is 0 Å². The van der Waals surface area contributed by atoms with E-state index >= 15 is 0 Å². The van der Waals surface area contributed by atoms with Crippen LogP contribution in [0, 0.1) is 0 Å². The predicted molar refractivity (Wildman–Crippen MR) is 79.3 cm³/mol. The summed E-state index contributed by atoms with van der Waals surface area (Å²) in [6, 6.07) is 4.36. The number of hydrogen-bond donors (Lipinski definition) is 2. The van der Waals surface area contributed by atoms with Crippen LogP contribution < -0.4 is 11.1 Å². The van der Waals surface area contributed by atoms with Crippen molar-refractivity contribution < 1.29 is 13.6 Å². The minimum absolute atomic E-state index is 0.0799. The number of hydrogen-bond acceptors (Lipinski definition) is 3. The van der Waals surface area contributed by atoms with Crippen molar-refractivity contribution in [3.05, 3.63) is 23.8 Å². The largest absolute Gasteiger partial charge is 0.399 e. The zero-order chi connectivity index (χ0) is 15.2. The molecule has 0 aliphatic carbocycles. The van der Waals surface area contributed by atoms with Crippen LogP contribution in [0.5, 0.6) is 0 Å². The number of likely N-dealkylation sites (tertiary alicyclic amines) is 1. The van der Waals surface area contributed by atoms with Crippen molar-refractivity contribution in [1.82, 2.24) is 4.90 Å². The fourth-order valence-electron chi connectivity index (χ4n) is 2.53. The van der Waals surface area contributed by atoms with E-state index in [9.17, 15) is 13.6 Å². The summed E-state index contributed by atoms with van der Waals surface area (Å²) in [5.41, 5.74) is 6.04. The summed E-state index contributed by atoms with van der Waals surface area (Å²) in [4.78, 5) is 13.8. The minimum Gasteiger partial charge on any atom is -0.399 e. The Kier molecular flexibility index (Phi) is 5.36. The first-order valence-electron chi connectivity index (χ1n) is 7.27. The molecule has 6 heteroatoms. The van der Waals surface area contributed by atoms with E-state index in [1.54, 1.807) is 6.07 Å². The highest BCUT2D eigenvalue weighted by atomic mass is 19.3. The van der Waals surface area contributed by atoms with Crippen LogP contribution in [0.25, 0.3) is 0 Å². The highest BCUT2D eigenvalue weighted by Crippen LogP contribution is 2.28. The van der Waals surface area contributed by atoms with Gasteiger partial charge in [-0.1, -0.05) is 0 Å². The number of nitrogen functional groups attached to an aromatic ring is 1. The van der Waals surface area contributed by atoms with Gasteiger partial charge in [-0.3, -0.25) is 4.79 Å². The summed E-state index contributed by atoms with van der Waals surface area (Å²) in [6.07, 6.45) is 0.992. The molecule has 2 rings (SSSR count). The number of nitrogens with one attached hydrogen (secondary N) is 1. The lowest BCUT2D eigenvalue weighted by Gasteiger charge is -2.26. The molecule has 116 valence electrons. The zero-order valence-corrected chi connectivity index (χ0v) is 11.9. The fourth-order valence-corrected chi connectivity index (χ4v) is 2.53. The third-order valence-electron chi connectivity index (χ3n) is 3.67. The highest BCUT2D eigenvalue weighted by molar-refractivity contribution is 5.77. The van der Waals surface area contributed by atoms with E-state index in [0.29, 0.717) is 24.3 Å². The molecule has 1 amide bonds. The number of carbonyl (C=O) groups is 1. The third-order valence-corrected chi connectivity index (χ3v) is 3.67. The van der Waals surface area contributed by atoms with Crippen LogP contribution in [-0.2, 0) is 4.79 Å². The summed E-state index contributed by atoms with van der Waals surface area (Å²) in [5, 5.41) is 2.91. The normalized spacial score (nSPS) is 15.3. The first kappa shape index (κ1) is 15.5. The van der Waals surface area contributed by atoms with Crippen LogP contribution in [0.3, 0.4) is 0 Å². The molecule has 3 N–H and O–H groups in total. The first-order valence-corrected chi connectivity index (χ1v) is 7.27. The Bertz CT molecular complexity index is 488. The number of benzene rings is 1. The molecule has 1 aliphatic heterocycles. The van der Waals surface area contributed by atoms with Gasteiger partial charge in [0.15, 0.2) is 0 Å². The van der Waals surface area contributed by atoms with Crippen LogP contribution in [0.1, 0.15) is 37.7 Å². The topological polar surface area (TPSA) is 58.4 Å². The van der Waals surface area contributed by atoms with Gasteiger partial charge in [0.25, 0.3) is 6.43 Å². The molecule has 1 fully saturated rings. The Morgan fingerprint density at radius 2 is 2.00 bits per heavy atom. The first-order chi connectivity index (χ1) is 10.1. The van der Waals surface area contributed by atoms with E-state index in [-0.39, 0.29) is 11.5 Å². The molecule has 0 aromatic heterocycles. The average molecular weight is 297 g/mol. The Labute approximate surface area is 123 Å². The van der Waals surface area contributed by atoms with Crippen LogP contribution in [0.4, 0.5) is 20.2 Å². The summed E-state index contributed by atoms with van der Waals surface area (Å²) in [7, 11) is 0. The van der Waals surface area contributed by atoms with Crippen molar-refractivity contribution in [2.24, 2.45) is 0 Å². The lowest BCUT2D eigenvalue weighted by atomic mass is 10.1. The summed E-state index contributed by atoms with van der Waals surface area (Å²) < 4.78 is 25.8. The van der Waals surface area contributed by atoms with E-state index in [0.717, 1.165) is 25.9 Å². The molecule has 1 heterocycles. The van der Waals surface area contributed by atoms with Gasteiger partial charge < -0.3 is 16.0 Å². The second kappa shape index (κ2) is 7.24. The monoisotopic (exact) mass is 297 g/mol. The van der Waals surface area contributed by atoms with Gasteiger partial charge in [0.2, 0.25) is 5.91 Å². The average Bonchev–Trinajstić information content (AvgIpc) is 2.49. The quantitative estimate of drug-likeness (QED) is 0.821. The van der Waals surface area contributed by atoms with Crippen molar-refractivity contribution in [1.29, 1.82) is 0 Å². The molecule has 1 aromatic carbocycles. The Balaban J connectivity index is 1.87. The molecule has 21 heavy (non-hydrogen) atoms. The molecule has 1 saturated heterocycles. The van der Waals surface area contributed by atoms with Gasteiger partial charge in [-0.2, -0.15) is 0 Å². The molecule has 0 bridgehead atoms. The minimum atomic E-state index is -2.59. The van der Waals surface area contributed by atoms with E-state index in [1.807, 2.05) is 4.90 Å². The molecule has 4 nitrogen and oxygen atoms in total. The van der Waals surface area contributed by atoms with Gasteiger partial charge in [-0.05, 0) is 37.5 Å². The van der Waals surface area contributed by atoms with E-state index in [4.69, 9.17) is 5.73 Å². The molecule has 1 aromatic rings. The van der Waals surface area contributed by atoms with E-state index in [2.05, 4.69) is 5.32 Å². The van der Waals surface area contributed by atoms with Crippen molar-refractivity contribution in [3.63, 3.8) is 0 Å². The van der Waals surface area contributed by atoms with Gasteiger partial charge >= 0.3 is 0 Å². The number of rotatable bonds is 5. The Morgan fingerprint density at radius 3 is 2.67 bits per heavy atom. The van der Waals surface area contributed by atoms with Crippen LogP contribution >= 0.6 is 0 Å². The zero-order valence-electron chi connectivity index (χ0n) is 11.9. The SMILES string of the molecule is Nc1ccc(NCCC(=O)N2CCCCC2)c(C(F)F)c1. The van der Waals surface area contributed by atoms with E-state index < -0.39 is 6.43 Å². The number of nitrogens with zero attached hydrogens (tertiary/aromatic N) is 1. The van der Waals surface area contributed by atoms with Crippen LogP contribution in [0.15, 0.2) is 18.2 Å². The van der Waals surface area contributed by atoms with Crippen molar-refractivity contribution in [2.75, 3.05) is 30.7 Å². The van der Waals surface area contributed by atoms with Crippen molar-refractivity contribution >= 4 is 17.3 Å². The number of nitrogens with two attached hydrogens (primary N) is 1. The van der Waals surface area contributed by atoms with Gasteiger partial charge in [0, 0.05) is 43.0 Å². The van der Waals surface area contributed by atoms with Crippen molar-refractivity contribution in [2.45, 2.75) is 32.1 Å². The Hall–Kier alpha value is -1.85. The second-order valence-corrected chi connectivity index (χ2v) is 5.27. The maximum absolute atomic E-state index is 12.9. The van der Waals surface area contributed by atoms with Crippen LogP contribution in [-0.4, -0.2) is 30.4 Å². The Morgan fingerprint density at radius 1 is 1.29 bits per heavy atom. The number of amides is 1. The summed E-state index contributed by atoms with van der Waals surface area (Å²) in [6.45, 7) is 1.96. The number of piperidine rings is 1. The van der Waals surface area contributed by atoms with Gasteiger partial charge in [0.1, 0.15) is 0 Å². The highest BCUT2D eigenvalue weighted by Gasteiger charge is 2.17. The summed E-state index contributed by atoms with van der Waals surface area (Å²) in [5.74, 6) is 0.0799. The standard InChI is InChI=1S/C15H21F2N3O/c16-15(17)12-10-11(18)4-5-13(12)19-7-6-14(21)20-8-2-1-3-9-20/h4-5,10,15,19H,1-3,6-9,18H2. The molecule has 0 radical (unpaired) electrons. The molecule has 0 unspecified atom stereocenters. The molecule has 1 aliphatic rings. The predicted octanol–water partition coefficient (Wildman–Crippen LogP) is 3.02. The van der Waals surface area contributed by atoms with Gasteiger partial charge in [0.05, 0.1) is 0 Å². The smallest absolute Gasteiger partial charge is 0.265 e. The van der Waals surface area contributed by atoms with Gasteiger partial charge in [-0.25, -0.2) is 8.78 Å². The number of halogens is 2. The molecule has 0 atom stereocenters. The maximum Gasteiger partial charge on any atom is 0.265 e. The van der Waals surface area contributed by atoms with E-state index in [1.165, 1.54) is 18.6 Å². The third kappa shape index (κ3) is 4.31. The maximum atomic E-state index is 12.9. The van der Waals surface area contributed by atoms with Gasteiger partial charge in [-0.15, -0.1) is 0 Å². The van der Waals surface area contributed by atoms with Crippen LogP contribution in [0.2, 0.25) is 0 Å². The fraction of sp³-hybridized carbons (Fsp3) is 0.533. The number of anilines is 2. The molecule has 0 spiro atoms. The number of alkyl halides is 2. The summed E-state index contributed by atoms with van der Waals surface area (Å²) >= 11 is 0. The molecular weight excluding hydrogens is 276 g/mol. The lowest BCUT2D eigenvalue weighted by molar-refractivity contribution is -0.131.